The largest absolute Gasteiger partial charge is 0.478 e. The number of carboxylic acids is 1. The number of piperazine rings is 1. The molecule has 1 atom stereocenters. The van der Waals surface area contributed by atoms with Crippen molar-refractivity contribution in [1.29, 1.82) is 0 Å². The molecule has 0 bridgehead atoms. The number of carbonyl (C=O) groups is 2. The van der Waals surface area contributed by atoms with Crippen molar-refractivity contribution >= 4 is 21.9 Å². The molecule has 8 nitrogen and oxygen atoms in total. The van der Waals surface area contributed by atoms with Crippen LogP contribution in [0.25, 0.3) is 0 Å². The number of nitrogens with zero attached hydrogens (tertiary/aromatic N) is 2. The van der Waals surface area contributed by atoms with E-state index in [4.69, 9.17) is 9.84 Å². The molecule has 1 aromatic carbocycles. The number of benzene rings is 1. The van der Waals surface area contributed by atoms with Crippen LogP contribution in [0.4, 0.5) is 0 Å². The van der Waals surface area contributed by atoms with E-state index in [0.717, 1.165) is 0 Å². The Morgan fingerprint density at radius 1 is 1.16 bits per heavy atom. The van der Waals surface area contributed by atoms with Gasteiger partial charge in [-0.1, -0.05) is 6.92 Å². The first kappa shape index (κ1) is 19.4. The lowest BCUT2D eigenvalue weighted by atomic mass is 10.1. The molecule has 1 aromatic rings. The lowest BCUT2D eigenvalue weighted by Crippen LogP contribution is -2.52. The van der Waals surface area contributed by atoms with Gasteiger partial charge in [0, 0.05) is 33.3 Å². The highest BCUT2D eigenvalue weighted by molar-refractivity contribution is 7.89. The second kappa shape index (κ2) is 7.94. The third-order valence-corrected chi connectivity index (χ3v) is 6.04. The molecule has 0 spiro atoms. The van der Waals surface area contributed by atoms with Gasteiger partial charge in [-0.25, -0.2) is 13.2 Å². The molecular formula is C16H22N2O6S. The van der Waals surface area contributed by atoms with Gasteiger partial charge >= 0.3 is 5.97 Å². The summed E-state index contributed by atoms with van der Waals surface area (Å²) in [7, 11) is -2.17. The van der Waals surface area contributed by atoms with Crippen LogP contribution in [0.1, 0.15) is 17.3 Å². The Balaban J connectivity index is 2.03. The van der Waals surface area contributed by atoms with Crippen molar-refractivity contribution in [3.05, 3.63) is 29.8 Å². The van der Waals surface area contributed by atoms with Crippen LogP contribution in [-0.4, -0.2) is 74.5 Å². The highest BCUT2D eigenvalue weighted by Gasteiger charge is 2.31. The van der Waals surface area contributed by atoms with Gasteiger partial charge in [0.25, 0.3) is 0 Å². The van der Waals surface area contributed by atoms with Crippen LogP contribution in [0, 0.1) is 5.92 Å². The van der Waals surface area contributed by atoms with Crippen LogP contribution in [0.15, 0.2) is 29.2 Å². The molecule has 1 saturated heterocycles. The van der Waals surface area contributed by atoms with Crippen LogP contribution < -0.4 is 0 Å². The first-order chi connectivity index (χ1) is 11.8. The summed E-state index contributed by atoms with van der Waals surface area (Å²) in [5.41, 5.74) is 0.0292. The molecule has 1 amide bonds. The van der Waals surface area contributed by atoms with E-state index in [1.165, 1.54) is 35.7 Å². The SMILES string of the molecule is COCC(C)C(=O)N1CCN(S(=O)(=O)c2ccc(C(=O)O)cc2)CC1. The summed E-state index contributed by atoms with van der Waals surface area (Å²) >= 11 is 0. The number of hydrogen-bond donors (Lipinski definition) is 1. The van der Waals surface area contributed by atoms with Gasteiger partial charge in [-0.2, -0.15) is 4.31 Å². The molecule has 1 aliphatic heterocycles. The highest BCUT2D eigenvalue weighted by Crippen LogP contribution is 2.19. The molecule has 25 heavy (non-hydrogen) atoms. The number of methoxy groups -OCH3 is 1. The van der Waals surface area contributed by atoms with Gasteiger partial charge in [-0.3, -0.25) is 4.79 Å². The maximum absolute atomic E-state index is 12.6. The van der Waals surface area contributed by atoms with E-state index >= 15 is 0 Å². The maximum atomic E-state index is 12.6. The average Bonchev–Trinajstić information content (AvgIpc) is 2.61. The Bertz CT molecular complexity index is 723. The molecule has 0 aromatic heterocycles. The summed E-state index contributed by atoms with van der Waals surface area (Å²) in [5.74, 6) is -1.43. The summed E-state index contributed by atoms with van der Waals surface area (Å²) in [6.45, 7) is 3.15. The zero-order valence-electron chi connectivity index (χ0n) is 14.2. The minimum atomic E-state index is -3.71. The molecule has 1 heterocycles. The number of ether oxygens (including phenoxy) is 1. The van der Waals surface area contributed by atoms with E-state index in [1.54, 1.807) is 11.8 Å². The monoisotopic (exact) mass is 370 g/mol. The molecular weight excluding hydrogens is 348 g/mol. The fourth-order valence-electron chi connectivity index (χ4n) is 2.70. The molecule has 2 rings (SSSR count). The molecule has 138 valence electrons. The van der Waals surface area contributed by atoms with Crippen molar-refractivity contribution in [3.8, 4) is 0 Å². The molecule has 0 aliphatic carbocycles. The highest BCUT2D eigenvalue weighted by atomic mass is 32.2. The maximum Gasteiger partial charge on any atom is 0.335 e. The standard InChI is InChI=1S/C16H22N2O6S/c1-12(11-24-2)15(19)17-7-9-18(10-8-17)25(22,23)14-5-3-13(4-6-14)16(20)21/h3-6,12H,7-11H2,1-2H3,(H,20,21). The molecule has 0 radical (unpaired) electrons. The molecule has 1 fully saturated rings. The Labute approximate surface area is 147 Å². The normalized spacial score (nSPS) is 17.3. The number of carboxylic acid groups (broad SMARTS) is 1. The van der Waals surface area contributed by atoms with Crippen LogP contribution >= 0.6 is 0 Å². The van der Waals surface area contributed by atoms with E-state index in [2.05, 4.69) is 0 Å². The van der Waals surface area contributed by atoms with Gasteiger partial charge in [-0.15, -0.1) is 0 Å². The zero-order valence-corrected chi connectivity index (χ0v) is 15.0. The van der Waals surface area contributed by atoms with Gasteiger partial charge < -0.3 is 14.7 Å². The molecule has 1 N–H and O–H groups in total. The third kappa shape index (κ3) is 4.36. The second-order valence-corrected chi connectivity index (χ2v) is 7.85. The summed E-state index contributed by atoms with van der Waals surface area (Å²) < 4.78 is 31.6. The second-order valence-electron chi connectivity index (χ2n) is 5.92. The van der Waals surface area contributed by atoms with Crippen molar-refractivity contribution in [3.63, 3.8) is 0 Å². The number of sulfonamides is 1. The number of rotatable bonds is 6. The van der Waals surface area contributed by atoms with Gasteiger partial charge in [0.2, 0.25) is 15.9 Å². The van der Waals surface area contributed by atoms with Crippen molar-refractivity contribution in [2.24, 2.45) is 5.92 Å². The number of aromatic carboxylic acids is 1. The molecule has 9 heteroatoms. The average molecular weight is 370 g/mol. The topological polar surface area (TPSA) is 104 Å². The smallest absolute Gasteiger partial charge is 0.335 e. The zero-order chi connectivity index (χ0) is 18.6. The Hall–Kier alpha value is -1.97. The first-order valence-corrected chi connectivity index (χ1v) is 9.32. The van der Waals surface area contributed by atoms with Crippen molar-refractivity contribution < 1.29 is 27.9 Å². The van der Waals surface area contributed by atoms with E-state index < -0.39 is 16.0 Å². The molecule has 1 aliphatic rings. The number of amides is 1. The van der Waals surface area contributed by atoms with Gasteiger partial charge in [0.05, 0.1) is 23.0 Å². The first-order valence-electron chi connectivity index (χ1n) is 7.88. The summed E-state index contributed by atoms with van der Waals surface area (Å²) in [5, 5.41) is 8.89. The van der Waals surface area contributed by atoms with Crippen LogP contribution in [0.3, 0.4) is 0 Å². The van der Waals surface area contributed by atoms with Crippen molar-refractivity contribution in [2.45, 2.75) is 11.8 Å². The van der Waals surface area contributed by atoms with Crippen molar-refractivity contribution in [1.82, 2.24) is 9.21 Å². The predicted molar refractivity (Wildman–Crippen MR) is 89.8 cm³/mol. The minimum absolute atomic E-state index is 0.0292. The fourth-order valence-corrected chi connectivity index (χ4v) is 4.12. The van der Waals surface area contributed by atoms with Gasteiger partial charge in [0.1, 0.15) is 0 Å². The van der Waals surface area contributed by atoms with Crippen LogP contribution in [0.2, 0.25) is 0 Å². The summed E-state index contributed by atoms with van der Waals surface area (Å²) in [6, 6.07) is 5.11. The third-order valence-electron chi connectivity index (χ3n) is 4.13. The Kier molecular flexibility index (Phi) is 6.15. The van der Waals surface area contributed by atoms with Crippen molar-refractivity contribution in [2.75, 3.05) is 39.9 Å². The lowest BCUT2D eigenvalue weighted by molar-refractivity contribution is -0.137. The summed E-state index contributed by atoms with van der Waals surface area (Å²) in [6.07, 6.45) is 0. The molecule has 0 saturated carbocycles. The lowest BCUT2D eigenvalue weighted by Gasteiger charge is -2.35. The quantitative estimate of drug-likeness (QED) is 0.782. The van der Waals surface area contributed by atoms with Crippen LogP contribution in [-0.2, 0) is 19.6 Å². The Morgan fingerprint density at radius 3 is 2.20 bits per heavy atom. The van der Waals surface area contributed by atoms with E-state index in [9.17, 15) is 18.0 Å². The van der Waals surface area contributed by atoms with E-state index in [0.29, 0.717) is 19.7 Å². The number of hydrogen-bond acceptors (Lipinski definition) is 5. The van der Waals surface area contributed by atoms with E-state index in [-0.39, 0.29) is 35.4 Å². The summed E-state index contributed by atoms with van der Waals surface area (Å²) in [4.78, 5) is 24.8. The van der Waals surface area contributed by atoms with E-state index in [1.807, 2.05) is 0 Å². The van der Waals surface area contributed by atoms with Gasteiger partial charge in [-0.05, 0) is 24.3 Å². The minimum Gasteiger partial charge on any atom is -0.478 e. The number of carbonyl (C=O) groups excluding carboxylic acids is 1. The Morgan fingerprint density at radius 2 is 1.72 bits per heavy atom. The van der Waals surface area contributed by atoms with Crippen LogP contribution in [0.5, 0.6) is 0 Å². The van der Waals surface area contributed by atoms with Gasteiger partial charge in [0.15, 0.2) is 0 Å². The molecule has 1 unspecified atom stereocenters. The fraction of sp³-hybridized carbons (Fsp3) is 0.500. The predicted octanol–water partition coefficient (Wildman–Crippen LogP) is 0.500.